The maximum atomic E-state index is 11.8. The summed E-state index contributed by atoms with van der Waals surface area (Å²) in [6, 6.07) is 6.98. The van der Waals surface area contributed by atoms with Gasteiger partial charge in [0, 0.05) is 23.3 Å². The number of ketones is 1. The lowest BCUT2D eigenvalue weighted by molar-refractivity contribution is -0.139. The molecule has 1 heterocycles. The fourth-order valence-electron chi connectivity index (χ4n) is 1.60. The van der Waals surface area contributed by atoms with Crippen LogP contribution in [0, 0.1) is 0 Å². The number of esters is 1. The molecule has 2 aromatic rings. The van der Waals surface area contributed by atoms with Crippen molar-refractivity contribution in [3.05, 3.63) is 52.8 Å². The molecule has 0 aliphatic heterocycles. The van der Waals surface area contributed by atoms with Gasteiger partial charge in [-0.15, -0.1) is 0 Å². The summed E-state index contributed by atoms with van der Waals surface area (Å²) in [5, 5.41) is 4.43. The summed E-state index contributed by atoms with van der Waals surface area (Å²) in [5.74, 6) is -1.63. The smallest absolute Gasteiger partial charge is 0.380 e. The van der Waals surface area contributed by atoms with Gasteiger partial charge in [-0.05, 0) is 13.0 Å². The number of hydrogen-bond donors (Lipinski definition) is 0. The van der Waals surface area contributed by atoms with Crippen LogP contribution in [0.5, 0.6) is 0 Å². The standard InChI is InChI=1S/C14H13ClN2O3/c1-2-17-8-11(7-16-17)13(18)14(19)20-9-10-5-3-4-6-12(10)15/h3-8H,2,9H2,1H3. The van der Waals surface area contributed by atoms with Crippen LogP contribution < -0.4 is 0 Å². The lowest BCUT2D eigenvalue weighted by Crippen LogP contribution is -2.17. The van der Waals surface area contributed by atoms with Gasteiger partial charge in [0.05, 0.1) is 11.8 Å². The summed E-state index contributed by atoms with van der Waals surface area (Å²) in [6.45, 7) is 2.48. The first-order chi connectivity index (χ1) is 9.61. The van der Waals surface area contributed by atoms with Crippen molar-refractivity contribution >= 4 is 23.4 Å². The fraction of sp³-hybridized carbons (Fsp3) is 0.214. The average molecular weight is 293 g/mol. The van der Waals surface area contributed by atoms with Crippen molar-refractivity contribution < 1.29 is 14.3 Å². The molecule has 6 heteroatoms. The summed E-state index contributed by atoms with van der Waals surface area (Å²) < 4.78 is 6.52. The molecule has 0 aliphatic carbocycles. The Labute approximate surface area is 121 Å². The zero-order valence-corrected chi connectivity index (χ0v) is 11.6. The number of rotatable bonds is 5. The predicted octanol–water partition coefficient (Wildman–Crippen LogP) is 2.48. The number of ether oxygens (including phenoxy) is 1. The monoisotopic (exact) mass is 292 g/mol. The molecule has 0 bridgehead atoms. The second-order valence-corrected chi connectivity index (χ2v) is 4.49. The van der Waals surface area contributed by atoms with Crippen LogP contribution in [0.2, 0.25) is 5.02 Å². The molecule has 0 unspecified atom stereocenters. The number of halogens is 1. The number of carbonyl (C=O) groups excluding carboxylic acids is 2. The summed E-state index contributed by atoms with van der Waals surface area (Å²) in [4.78, 5) is 23.5. The van der Waals surface area contributed by atoms with Gasteiger partial charge in [0.25, 0.3) is 5.78 Å². The number of aryl methyl sites for hydroxylation is 1. The average Bonchev–Trinajstić information content (AvgIpc) is 2.94. The van der Waals surface area contributed by atoms with Crippen molar-refractivity contribution in [3.63, 3.8) is 0 Å². The highest BCUT2D eigenvalue weighted by Crippen LogP contribution is 2.16. The van der Waals surface area contributed by atoms with E-state index in [0.717, 1.165) is 0 Å². The molecule has 5 nitrogen and oxygen atoms in total. The highest BCUT2D eigenvalue weighted by molar-refractivity contribution is 6.40. The molecule has 1 aromatic heterocycles. The minimum Gasteiger partial charge on any atom is -0.455 e. The van der Waals surface area contributed by atoms with Crippen molar-refractivity contribution in [2.24, 2.45) is 0 Å². The number of Topliss-reactive ketones (excluding diaryl/α,β-unsaturated/α-hetero) is 1. The summed E-state index contributed by atoms with van der Waals surface area (Å²) in [6.07, 6.45) is 2.86. The molecule has 0 spiro atoms. The van der Waals surface area contributed by atoms with Crippen LogP contribution in [-0.4, -0.2) is 21.5 Å². The van der Waals surface area contributed by atoms with Crippen LogP contribution in [0.4, 0.5) is 0 Å². The van der Waals surface area contributed by atoms with E-state index < -0.39 is 11.8 Å². The van der Waals surface area contributed by atoms with Gasteiger partial charge in [0.1, 0.15) is 6.61 Å². The molecule has 20 heavy (non-hydrogen) atoms. The highest BCUT2D eigenvalue weighted by atomic mass is 35.5. The minimum atomic E-state index is -0.916. The molecule has 0 saturated heterocycles. The number of nitrogens with zero attached hydrogens (tertiary/aromatic N) is 2. The van der Waals surface area contributed by atoms with Crippen LogP contribution in [0.25, 0.3) is 0 Å². The minimum absolute atomic E-state index is 0.0356. The lowest BCUT2D eigenvalue weighted by Gasteiger charge is -2.04. The van der Waals surface area contributed by atoms with Crippen LogP contribution >= 0.6 is 11.6 Å². The van der Waals surface area contributed by atoms with E-state index in [1.807, 2.05) is 6.92 Å². The van der Waals surface area contributed by atoms with Crippen LogP contribution in [0.15, 0.2) is 36.7 Å². The molecule has 0 saturated carbocycles. The van der Waals surface area contributed by atoms with E-state index in [4.69, 9.17) is 16.3 Å². The van der Waals surface area contributed by atoms with Gasteiger partial charge in [-0.1, -0.05) is 29.8 Å². The van der Waals surface area contributed by atoms with Crippen LogP contribution in [0.1, 0.15) is 22.8 Å². The topological polar surface area (TPSA) is 61.2 Å². The molecule has 0 amide bonds. The molecule has 0 N–H and O–H groups in total. The summed E-state index contributed by atoms with van der Waals surface area (Å²) >= 11 is 5.94. The lowest BCUT2D eigenvalue weighted by atomic mass is 10.2. The van der Waals surface area contributed by atoms with Crippen molar-refractivity contribution in [1.29, 1.82) is 0 Å². The first-order valence-corrected chi connectivity index (χ1v) is 6.47. The van der Waals surface area contributed by atoms with Gasteiger partial charge in [-0.2, -0.15) is 5.10 Å². The molecule has 1 aromatic carbocycles. The van der Waals surface area contributed by atoms with Gasteiger partial charge in [-0.25, -0.2) is 4.79 Å². The first kappa shape index (κ1) is 14.3. The van der Waals surface area contributed by atoms with E-state index in [1.54, 1.807) is 28.9 Å². The fourth-order valence-corrected chi connectivity index (χ4v) is 1.79. The van der Waals surface area contributed by atoms with Crippen molar-refractivity contribution in [2.75, 3.05) is 0 Å². The largest absolute Gasteiger partial charge is 0.455 e. The normalized spacial score (nSPS) is 10.3. The maximum absolute atomic E-state index is 11.8. The quantitative estimate of drug-likeness (QED) is 0.482. The Morgan fingerprint density at radius 2 is 2.10 bits per heavy atom. The van der Waals surface area contributed by atoms with Gasteiger partial charge in [0.2, 0.25) is 0 Å². The molecule has 0 fully saturated rings. The molecular formula is C14H13ClN2O3. The van der Waals surface area contributed by atoms with E-state index in [0.29, 0.717) is 17.1 Å². The molecule has 0 aliphatic rings. The third kappa shape index (κ3) is 3.24. The van der Waals surface area contributed by atoms with E-state index in [2.05, 4.69) is 5.10 Å². The van der Waals surface area contributed by atoms with E-state index in [-0.39, 0.29) is 12.2 Å². The Morgan fingerprint density at radius 1 is 1.35 bits per heavy atom. The van der Waals surface area contributed by atoms with Gasteiger partial charge in [0.15, 0.2) is 0 Å². The molecular weight excluding hydrogens is 280 g/mol. The van der Waals surface area contributed by atoms with Crippen molar-refractivity contribution in [3.8, 4) is 0 Å². The Bertz CT molecular complexity index is 637. The molecule has 104 valence electrons. The SMILES string of the molecule is CCn1cc(C(=O)C(=O)OCc2ccccc2Cl)cn1. The number of carbonyl (C=O) groups is 2. The third-order valence-electron chi connectivity index (χ3n) is 2.72. The second-order valence-electron chi connectivity index (χ2n) is 4.08. The van der Waals surface area contributed by atoms with E-state index in [9.17, 15) is 9.59 Å². The predicted molar refractivity (Wildman–Crippen MR) is 73.5 cm³/mol. The molecule has 2 rings (SSSR count). The Balaban J connectivity index is 1.98. The maximum Gasteiger partial charge on any atom is 0.380 e. The van der Waals surface area contributed by atoms with Crippen molar-refractivity contribution in [2.45, 2.75) is 20.1 Å². The molecule has 0 radical (unpaired) electrons. The number of hydrogen-bond acceptors (Lipinski definition) is 4. The van der Waals surface area contributed by atoms with E-state index in [1.165, 1.54) is 12.4 Å². The van der Waals surface area contributed by atoms with Gasteiger partial charge in [-0.3, -0.25) is 9.48 Å². The Hall–Kier alpha value is -2.14. The third-order valence-corrected chi connectivity index (χ3v) is 3.09. The summed E-state index contributed by atoms with van der Waals surface area (Å²) in [5.41, 5.74) is 0.871. The van der Waals surface area contributed by atoms with Gasteiger partial charge >= 0.3 is 5.97 Å². The first-order valence-electron chi connectivity index (χ1n) is 6.09. The van der Waals surface area contributed by atoms with Crippen LogP contribution in [-0.2, 0) is 22.7 Å². The Morgan fingerprint density at radius 3 is 2.75 bits per heavy atom. The number of aromatic nitrogens is 2. The van der Waals surface area contributed by atoms with E-state index >= 15 is 0 Å². The number of benzene rings is 1. The highest BCUT2D eigenvalue weighted by Gasteiger charge is 2.20. The van der Waals surface area contributed by atoms with Crippen LogP contribution in [0.3, 0.4) is 0 Å². The zero-order chi connectivity index (χ0) is 14.5. The zero-order valence-electron chi connectivity index (χ0n) is 10.9. The summed E-state index contributed by atoms with van der Waals surface area (Å²) in [7, 11) is 0. The van der Waals surface area contributed by atoms with Crippen molar-refractivity contribution in [1.82, 2.24) is 9.78 Å². The van der Waals surface area contributed by atoms with Gasteiger partial charge < -0.3 is 4.74 Å². The molecule has 0 atom stereocenters. The second kappa shape index (κ2) is 6.34. The Kier molecular flexibility index (Phi) is 4.53.